The summed E-state index contributed by atoms with van der Waals surface area (Å²) in [6, 6.07) is 2.17. The second kappa shape index (κ2) is 6.77. The van der Waals surface area contributed by atoms with Crippen LogP contribution >= 0.6 is 12.2 Å². The summed E-state index contributed by atoms with van der Waals surface area (Å²) in [5, 5.41) is 3.37. The molecular weight excluding hydrogens is 258 g/mol. The number of anilines is 1. The topological polar surface area (TPSA) is 67.1 Å². The second-order valence-corrected chi connectivity index (χ2v) is 5.33. The van der Waals surface area contributed by atoms with Crippen LogP contribution in [0.25, 0.3) is 0 Å². The third kappa shape index (κ3) is 4.11. The molecule has 19 heavy (non-hydrogen) atoms. The van der Waals surface area contributed by atoms with Crippen LogP contribution in [0.15, 0.2) is 12.3 Å². The van der Waals surface area contributed by atoms with E-state index in [9.17, 15) is 0 Å². The van der Waals surface area contributed by atoms with Crippen molar-refractivity contribution in [3.8, 4) is 0 Å². The molecule has 6 heteroatoms. The summed E-state index contributed by atoms with van der Waals surface area (Å²) in [7, 11) is 0. The maximum Gasteiger partial charge on any atom is 0.223 e. The summed E-state index contributed by atoms with van der Waals surface area (Å²) in [4.78, 5) is 11.4. The number of rotatable bonds is 5. The molecular formula is C13H21N5S. The first-order valence-electron chi connectivity index (χ1n) is 6.80. The van der Waals surface area contributed by atoms with Gasteiger partial charge in [-0.3, -0.25) is 0 Å². The molecule has 1 saturated heterocycles. The fourth-order valence-corrected chi connectivity index (χ4v) is 2.48. The third-order valence-electron chi connectivity index (χ3n) is 3.37. The van der Waals surface area contributed by atoms with Crippen molar-refractivity contribution in [3.63, 3.8) is 0 Å². The molecule has 0 saturated carbocycles. The average Bonchev–Trinajstić information content (AvgIpc) is 2.42. The van der Waals surface area contributed by atoms with Crippen molar-refractivity contribution < 1.29 is 0 Å². The van der Waals surface area contributed by atoms with Gasteiger partial charge in [-0.15, -0.1) is 0 Å². The average molecular weight is 279 g/mol. The van der Waals surface area contributed by atoms with Gasteiger partial charge >= 0.3 is 0 Å². The fraction of sp³-hybridized carbons (Fsp3) is 0.615. The van der Waals surface area contributed by atoms with Crippen molar-refractivity contribution in [3.05, 3.63) is 18.0 Å². The highest BCUT2D eigenvalue weighted by atomic mass is 32.1. The zero-order chi connectivity index (χ0) is 13.7. The lowest BCUT2D eigenvalue weighted by molar-refractivity contribution is 0.219. The van der Waals surface area contributed by atoms with Crippen LogP contribution in [0.5, 0.6) is 0 Å². The number of nitrogens with two attached hydrogens (primary N) is 1. The number of piperidine rings is 1. The highest BCUT2D eigenvalue weighted by Crippen LogP contribution is 2.14. The van der Waals surface area contributed by atoms with Crippen molar-refractivity contribution in [2.75, 3.05) is 25.0 Å². The SMILES string of the molecule is CCCN1CCC(Nc2nccc(C(N)=S)n2)CC1. The Hall–Kier alpha value is -1.27. The summed E-state index contributed by atoms with van der Waals surface area (Å²) in [6.45, 7) is 5.69. The molecule has 1 fully saturated rings. The lowest BCUT2D eigenvalue weighted by Gasteiger charge is -2.32. The minimum atomic E-state index is 0.309. The maximum atomic E-state index is 5.57. The molecule has 0 radical (unpaired) electrons. The molecule has 104 valence electrons. The zero-order valence-electron chi connectivity index (χ0n) is 11.3. The van der Waals surface area contributed by atoms with Crippen LogP contribution in [0, 0.1) is 0 Å². The van der Waals surface area contributed by atoms with Gasteiger partial charge in [-0.25, -0.2) is 9.97 Å². The molecule has 2 rings (SSSR count). The molecule has 0 aliphatic carbocycles. The number of likely N-dealkylation sites (tertiary alicyclic amines) is 1. The van der Waals surface area contributed by atoms with Crippen molar-refractivity contribution in [1.82, 2.24) is 14.9 Å². The Morgan fingerprint density at radius 3 is 2.89 bits per heavy atom. The fourth-order valence-electron chi connectivity index (χ4n) is 2.37. The highest BCUT2D eigenvalue weighted by Gasteiger charge is 2.19. The number of nitrogens with one attached hydrogen (secondary N) is 1. The Kier molecular flexibility index (Phi) is 5.04. The van der Waals surface area contributed by atoms with E-state index >= 15 is 0 Å². The molecule has 1 aliphatic rings. The Morgan fingerprint density at radius 1 is 1.53 bits per heavy atom. The van der Waals surface area contributed by atoms with Crippen molar-refractivity contribution in [2.24, 2.45) is 5.73 Å². The van der Waals surface area contributed by atoms with Gasteiger partial charge < -0.3 is 16.0 Å². The van der Waals surface area contributed by atoms with Crippen LogP contribution in [0.1, 0.15) is 31.9 Å². The lowest BCUT2D eigenvalue weighted by Crippen LogP contribution is -2.39. The van der Waals surface area contributed by atoms with Gasteiger partial charge in [0.1, 0.15) is 10.7 Å². The van der Waals surface area contributed by atoms with Gasteiger partial charge in [0.25, 0.3) is 0 Å². The molecule has 2 heterocycles. The van der Waals surface area contributed by atoms with Crippen molar-refractivity contribution >= 4 is 23.2 Å². The van der Waals surface area contributed by atoms with Crippen LogP contribution in [0.3, 0.4) is 0 Å². The Morgan fingerprint density at radius 2 is 2.26 bits per heavy atom. The molecule has 3 N–H and O–H groups in total. The number of hydrogen-bond donors (Lipinski definition) is 2. The first-order chi connectivity index (χ1) is 9.19. The molecule has 0 atom stereocenters. The largest absolute Gasteiger partial charge is 0.388 e. The molecule has 1 aromatic rings. The van der Waals surface area contributed by atoms with Crippen LogP contribution in [0.4, 0.5) is 5.95 Å². The predicted molar refractivity (Wildman–Crippen MR) is 81.3 cm³/mol. The summed E-state index contributed by atoms with van der Waals surface area (Å²) < 4.78 is 0. The minimum absolute atomic E-state index is 0.309. The lowest BCUT2D eigenvalue weighted by atomic mass is 10.1. The normalized spacial score (nSPS) is 17.3. The van der Waals surface area contributed by atoms with E-state index in [-0.39, 0.29) is 0 Å². The van der Waals surface area contributed by atoms with E-state index in [2.05, 4.69) is 27.1 Å². The Labute approximate surface area is 119 Å². The van der Waals surface area contributed by atoms with E-state index in [1.807, 2.05) is 0 Å². The Bertz CT molecular complexity index is 429. The third-order valence-corrected chi connectivity index (χ3v) is 3.58. The van der Waals surface area contributed by atoms with Gasteiger partial charge in [0.15, 0.2) is 0 Å². The van der Waals surface area contributed by atoms with Crippen molar-refractivity contribution in [2.45, 2.75) is 32.2 Å². The number of hydrogen-bond acceptors (Lipinski definition) is 5. The monoisotopic (exact) mass is 279 g/mol. The highest BCUT2D eigenvalue weighted by molar-refractivity contribution is 7.80. The van der Waals surface area contributed by atoms with E-state index in [1.54, 1.807) is 12.3 Å². The molecule has 0 unspecified atom stereocenters. The van der Waals surface area contributed by atoms with Gasteiger partial charge in [-0.05, 0) is 31.9 Å². The molecule has 0 spiro atoms. The van der Waals surface area contributed by atoms with E-state index in [0.717, 1.165) is 25.9 Å². The van der Waals surface area contributed by atoms with E-state index < -0.39 is 0 Å². The van der Waals surface area contributed by atoms with Crippen molar-refractivity contribution in [1.29, 1.82) is 0 Å². The minimum Gasteiger partial charge on any atom is -0.388 e. The van der Waals surface area contributed by atoms with Gasteiger partial charge in [0.05, 0.1) is 0 Å². The summed E-state index contributed by atoms with van der Waals surface area (Å²) in [6.07, 6.45) is 5.16. The zero-order valence-corrected chi connectivity index (χ0v) is 12.1. The first-order valence-corrected chi connectivity index (χ1v) is 7.21. The van der Waals surface area contributed by atoms with Gasteiger partial charge in [0, 0.05) is 25.3 Å². The summed E-state index contributed by atoms with van der Waals surface area (Å²) in [5.74, 6) is 0.624. The quantitative estimate of drug-likeness (QED) is 0.794. The summed E-state index contributed by atoms with van der Waals surface area (Å²) >= 11 is 4.92. The second-order valence-electron chi connectivity index (χ2n) is 4.89. The molecule has 0 amide bonds. The standard InChI is InChI=1S/C13H21N5S/c1-2-7-18-8-4-10(5-9-18)16-13-15-6-3-11(17-13)12(14)19/h3,6,10H,2,4-5,7-9H2,1H3,(H2,14,19)(H,15,16,17). The Balaban J connectivity index is 1.88. The molecule has 1 aliphatic heterocycles. The summed E-state index contributed by atoms with van der Waals surface area (Å²) in [5.41, 5.74) is 6.20. The predicted octanol–water partition coefficient (Wildman–Crippen LogP) is 1.40. The van der Waals surface area contributed by atoms with Crippen LogP contribution in [0.2, 0.25) is 0 Å². The van der Waals surface area contributed by atoms with E-state index in [1.165, 1.54) is 13.0 Å². The molecule has 5 nitrogen and oxygen atoms in total. The first kappa shape index (κ1) is 14.1. The number of nitrogens with zero attached hydrogens (tertiary/aromatic N) is 3. The van der Waals surface area contributed by atoms with Gasteiger partial charge in [-0.2, -0.15) is 0 Å². The van der Waals surface area contributed by atoms with E-state index in [4.69, 9.17) is 18.0 Å². The number of thiocarbonyl (C=S) groups is 1. The van der Waals surface area contributed by atoms with Crippen LogP contribution in [-0.2, 0) is 0 Å². The van der Waals surface area contributed by atoms with Crippen LogP contribution in [-0.4, -0.2) is 45.5 Å². The molecule has 1 aromatic heterocycles. The number of aromatic nitrogens is 2. The van der Waals surface area contributed by atoms with Gasteiger partial charge in [0.2, 0.25) is 5.95 Å². The molecule has 0 aromatic carbocycles. The molecule has 0 bridgehead atoms. The van der Waals surface area contributed by atoms with Gasteiger partial charge in [-0.1, -0.05) is 19.1 Å². The maximum absolute atomic E-state index is 5.57. The van der Waals surface area contributed by atoms with E-state index in [0.29, 0.717) is 22.7 Å². The smallest absolute Gasteiger partial charge is 0.223 e. The van der Waals surface area contributed by atoms with Crippen LogP contribution < -0.4 is 11.1 Å².